The summed E-state index contributed by atoms with van der Waals surface area (Å²) in [7, 11) is -3.05. The van der Waals surface area contributed by atoms with Gasteiger partial charge in [-0.3, -0.25) is 0 Å². The van der Waals surface area contributed by atoms with E-state index < -0.39 is 15.9 Å². The van der Waals surface area contributed by atoms with Crippen LogP contribution in [0.2, 0.25) is 0 Å². The highest BCUT2D eigenvalue weighted by Crippen LogP contribution is 2.09. The molecule has 1 heterocycles. The molecule has 2 N–H and O–H groups in total. The maximum absolute atomic E-state index is 11.2. The first-order valence-electron chi connectivity index (χ1n) is 6.05. The summed E-state index contributed by atoms with van der Waals surface area (Å²) in [6.45, 7) is 0.456. The number of hydrogen-bond donors (Lipinski definition) is 2. The van der Waals surface area contributed by atoms with E-state index in [0.29, 0.717) is 5.75 Å². The van der Waals surface area contributed by atoms with Gasteiger partial charge < -0.3 is 15.2 Å². The van der Waals surface area contributed by atoms with Crippen molar-refractivity contribution >= 4 is 9.84 Å². The van der Waals surface area contributed by atoms with Crippen molar-refractivity contribution in [2.24, 2.45) is 0 Å². The summed E-state index contributed by atoms with van der Waals surface area (Å²) in [5, 5.41) is 13.9. The molecule has 0 spiro atoms. The van der Waals surface area contributed by atoms with Gasteiger partial charge in [0.05, 0.1) is 5.75 Å². The molecule has 0 bridgehead atoms. The molecule has 19 heavy (non-hydrogen) atoms. The SMILES string of the molecule is O=S1(=O)C=CC(NCC(O)COc2ccccc2)C1. The molecule has 6 heteroatoms. The first-order valence-corrected chi connectivity index (χ1v) is 7.77. The third kappa shape index (κ3) is 4.66. The molecule has 1 aliphatic rings. The van der Waals surface area contributed by atoms with Crippen molar-refractivity contribution in [3.8, 4) is 5.75 Å². The molecule has 0 fully saturated rings. The summed E-state index contributed by atoms with van der Waals surface area (Å²) in [6.07, 6.45) is 0.914. The minimum atomic E-state index is -3.05. The molecule has 2 unspecified atom stereocenters. The molecule has 5 nitrogen and oxygen atoms in total. The fourth-order valence-corrected chi connectivity index (χ4v) is 3.03. The standard InChI is InChI=1S/C13H17NO4S/c15-12(9-18-13-4-2-1-3-5-13)8-14-11-6-7-19(16,17)10-11/h1-7,11-12,14-15H,8-10H2. The topological polar surface area (TPSA) is 75.6 Å². The van der Waals surface area contributed by atoms with E-state index in [0.717, 1.165) is 0 Å². The Labute approximate surface area is 112 Å². The van der Waals surface area contributed by atoms with E-state index in [4.69, 9.17) is 4.74 Å². The number of ether oxygens (including phenoxy) is 1. The van der Waals surface area contributed by atoms with Gasteiger partial charge in [0.25, 0.3) is 0 Å². The Morgan fingerprint density at radius 3 is 2.74 bits per heavy atom. The van der Waals surface area contributed by atoms with E-state index in [2.05, 4.69) is 5.32 Å². The number of benzene rings is 1. The van der Waals surface area contributed by atoms with Crippen molar-refractivity contribution in [3.05, 3.63) is 41.8 Å². The summed E-state index contributed by atoms with van der Waals surface area (Å²) in [5.74, 6) is 0.754. The number of hydrogen-bond acceptors (Lipinski definition) is 5. The highest BCUT2D eigenvalue weighted by Gasteiger charge is 2.21. The van der Waals surface area contributed by atoms with Crippen LogP contribution in [0.15, 0.2) is 41.8 Å². The highest BCUT2D eigenvalue weighted by molar-refractivity contribution is 7.94. The van der Waals surface area contributed by atoms with Crippen LogP contribution in [-0.2, 0) is 9.84 Å². The van der Waals surface area contributed by atoms with Crippen molar-refractivity contribution in [1.82, 2.24) is 5.32 Å². The highest BCUT2D eigenvalue weighted by atomic mass is 32.2. The molecule has 0 aliphatic carbocycles. The van der Waals surface area contributed by atoms with Gasteiger partial charge in [0.15, 0.2) is 9.84 Å². The molecular weight excluding hydrogens is 266 g/mol. The Morgan fingerprint density at radius 2 is 2.11 bits per heavy atom. The lowest BCUT2D eigenvalue weighted by Crippen LogP contribution is -2.38. The van der Waals surface area contributed by atoms with Crippen molar-refractivity contribution < 1.29 is 18.3 Å². The molecular formula is C13H17NO4S. The van der Waals surface area contributed by atoms with Gasteiger partial charge in [-0.25, -0.2) is 8.42 Å². The summed E-state index contributed by atoms with van der Waals surface area (Å²) in [4.78, 5) is 0. The van der Waals surface area contributed by atoms with Crippen molar-refractivity contribution in [1.29, 1.82) is 0 Å². The Kier molecular flexibility index (Phi) is 4.57. The number of para-hydroxylation sites is 1. The van der Waals surface area contributed by atoms with Crippen LogP contribution in [0.25, 0.3) is 0 Å². The van der Waals surface area contributed by atoms with E-state index in [1.807, 2.05) is 30.3 Å². The van der Waals surface area contributed by atoms with Gasteiger partial charge in [-0.05, 0) is 12.1 Å². The third-order valence-corrected chi connectivity index (χ3v) is 4.13. The fraction of sp³-hybridized carbons (Fsp3) is 0.385. The van der Waals surface area contributed by atoms with Gasteiger partial charge >= 0.3 is 0 Å². The van der Waals surface area contributed by atoms with Gasteiger partial charge in [-0.2, -0.15) is 0 Å². The Balaban J connectivity index is 1.68. The van der Waals surface area contributed by atoms with Crippen molar-refractivity contribution in [3.63, 3.8) is 0 Å². The van der Waals surface area contributed by atoms with Crippen LogP contribution in [0, 0.1) is 0 Å². The smallest absolute Gasteiger partial charge is 0.173 e. The Bertz CT molecular complexity index is 527. The fourth-order valence-electron chi connectivity index (χ4n) is 1.76. The number of sulfone groups is 1. The van der Waals surface area contributed by atoms with Crippen LogP contribution >= 0.6 is 0 Å². The predicted molar refractivity (Wildman–Crippen MR) is 72.7 cm³/mol. The lowest BCUT2D eigenvalue weighted by Gasteiger charge is -2.15. The zero-order valence-electron chi connectivity index (χ0n) is 10.4. The number of aliphatic hydroxyl groups excluding tert-OH is 1. The second-order valence-electron chi connectivity index (χ2n) is 4.45. The zero-order valence-corrected chi connectivity index (χ0v) is 11.2. The summed E-state index contributed by atoms with van der Waals surface area (Å²) in [5.41, 5.74) is 0. The molecule has 104 valence electrons. The van der Waals surface area contributed by atoms with Crippen LogP contribution in [0.4, 0.5) is 0 Å². The first kappa shape index (κ1) is 14.0. The predicted octanol–water partition coefficient (Wildman–Crippen LogP) is 0.327. The average Bonchev–Trinajstić information content (AvgIpc) is 2.75. The Morgan fingerprint density at radius 1 is 1.37 bits per heavy atom. The molecule has 2 atom stereocenters. The normalized spacial score (nSPS) is 22.3. The molecule has 0 saturated carbocycles. The number of aliphatic hydroxyl groups is 1. The molecule has 0 radical (unpaired) electrons. The van der Waals surface area contributed by atoms with E-state index in [9.17, 15) is 13.5 Å². The van der Waals surface area contributed by atoms with Crippen molar-refractivity contribution in [2.45, 2.75) is 12.1 Å². The maximum atomic E-state index is 11.2. The molecule has 1 aliphatic heterocycles. The molecule has 0 aromatic heterocycles. The lowest BCUT2D eigenvalue weighted by molar-refractivity contribution is 0.105. The van der Waals surface area contributed by atoms with Crippen LogP contribution in [0.1, 0.15) is 0 Å². The lowest BCUT2D eigenvalue weighted by atomic mass is 10.3. The van der Waals surface area contributed by atoms with E-state index in [1.165, 1.54) is 5.41 Å². The van der Waals surface area contributed by atoms with E-state index >= 15 is 0 Å². The average molecular weight is 283 g/mol. The molecule has 1 aromatic rings. The van der Waals surface area contributed by atoms with Gasteiger partial charge in [0.2, 0.25) is 0 Å². The minimum absolute atomic E-state index is 0.0548. The second-order valence-corrected chi connectivity index (χ2v) is 6.38. The minimum Gasteiger partial charge on any atom is -0.491 e. The second kappa shape index (κ2) is 6.18. The number of rotatable bonds is 6. The quantitative estimate of drug-likeness (QED) is 0.787. The summed E-state index contributed by atoms with van der Waals surface area (Å²) < 4.78 is 27.8. The monoisotopic (exact) mass is 283 g/mol. The third-order valence-electron chi connectivity index (χ3n) is 2.73. The zero-order chi connectivity index (χ0) is 13.7. The van der Waals surface area contributed by atoms with Crippen LogP contribution in [-0.4, -0.2) is 44.6 Å². The summed E-state index contributed by atoms with van der Waals surface area (Å²) in [6, 6.07) is 9.00. The molecule has 0 amide bonds. The number of nitrogens with one attached hydrogen (secondary N) is 1. The van der Waals surface area contributed by atoms with E-state index in [-0.39, 0.29) is 24.9 Å². The van der Waals surface area contributed by atoms with Crippen LogP contribution in [0.5, 0.6) is 5.75 Å². The van der Waals surface area contributed by atoms with Crippen molar-refractivity contribution in [2.75, 3.05) is 18.9 Å². The van der Waals surface area contributed by atoms with Crippen LogP contribution in [0.3, 0.4) is 0 Å². The molecule has 2 rings (SSSR count). The molecule has 0 saturated heterocycles. The first-order chi connectivity index (χ1) is 9.05. The Hall–Kier alpha value is -1.37. The van der Waals surface area contributed by atoms with E-state index in [1.54, 1.807) is 6.08 Å². The summed E-state index contributed by atoms with van der Waals surface area (Å²) >= 11 is 0. The molecule has 1 aromatic carbocycles. The van der Waals surface area contributed by atoms with Gasteiger partial charge in [0.1, 0.15) is 18.5 Å². The van der Waals surface area contributed by atoms with Gasteiger partial charge in [-0.1, -0.05) is 24.3 Å². The van der Waals surface area contributed by atoms with Gasteiger partial charge in [-0.15, -0.1) is 0 Å². The largest absolute Gasteiger partial charge is 0.491 e. The van der Waals surface area contributed by atoms with Crippen LogP contribution < -0.4 is 10.1 Å². The van der Waals surface area contributed by atoms with Gasteiger partial charge in [0, 0.05) is 18.0 Å². The maximum Gasteiger partial charge on any atom is 0.173 e.